The first-order valence-electron chi connectivity index (χ1n) is 7.18. The van der Waals surface area contributed by atoms with E-state index in [1.807, 2.05) is 14.1 Å². The molecule has 1 N–H and O–H groups in total. The second-order valence-corrected chi connectivity index (χ2v) is 6.04. The number of nitrogens with zero attached hydrogens (tertiary/aromatic N) is 2. The van der Waals surface area contributed by atoms with Crippen molar-refractivity contribution in [3.05, 3.63) is 35.1 Å². The Balaban J connectivity index is 2.85. The lowest BCUT2D eigenvalue weighted by molar-refractivity contribution is 0.0696. The Morgan fingerprint density at radius 2 is 1.95 bits per heavy atom. The second-order valence-electron chi connectivity index (χ2n) is 6.04. The molecule has 0 unspecified atom stereocenters. The minimum atomic E-state index is -1.03. The fourth-order valence-electron chi connectivity index (χ4n) is 2.16. The van der Waals surface area contributed by atoms with E-state index in [0.717, 1.165) is 19.6 Å². The van der Waals surface area contributed by atoms with E-state index in [1.165, 1.54) is 18.2 Å². The molecule has 1 aromatic carbocycles. The first-order chi connectivity index (χ1) is 9.79. The van der Waals surface area contributed by atoms with Crippen LogP contribution in [-0.4, -0.2) is 54.6 Å². The molecule has 0 spiro atoms. The van der Waals surface area contributed by atoms with Gasteiger partial charge in [0.1, 0.15) is 5.82 Å². The summed E-state index contributed by atoms with van der Waals surface area (Å²) in [7, 11) is 4.00. The van der Waals surface area contributed by atoms with Crippen LogP contribution >= 0.6 is 0 Å². The normalized spacial score (nSPS) is 11.6. The van der Waals surface area contributed by atoms with Crippen molar-refractivity contribution in [3.8, 4) is 0 Å². The molecule has 0 atom stereocenters. The number of carbonyl (C=O) groups is 1. The van der Waals surface area contributed by atoms with E-state index >= 15 is 0 Å². The second kappa shape index (κ2) is 8.10. The van der Waals surface area contributed by atoms with Gasteiger partial charge >= 0.3 is 5.97 Å². The van der Waals surface area contributed by atoms with Gasteiger partial charge in [-0.15, -0.1) is 0 Å². The zero-order chi connectivity index (χ0) is 16.0. The fourth-order valence-corrected chi connectivity index (χ4v) is 2.16. The highest BCUT2D eigenvalue weighted by Gasteiger charge is 2.14. The van der Waals surface area contributed by atoms with E-state index in [1.54, 1.807) is 0 Å². The van der Waals surface area contributed by atoms with Crippen LogP contribution in [-0.2, 0) is 6.54 Å². The molecule has 0 aliphatic heterocycles. The van der Waals surface area contributed by atoms with Gasteiger partial charge in [-0.2, -0.15) is 0 Å². The molecule has 0 heterocycles. The average Bonchev–Trinajstić information content (AvgIpc) is 2.37. The molecule has 0 saturated heterocycles. The Morgan fingerprint density at radius 3 is 2.48 bits per heavy atom. The Kier molecular flexibility index (Phi) is 6.78. The molecule has 0 radical (unpaired) electrons. The molecule has 0 fully saturated rings. The maximum atomic E-state index is 13.9. The summed E-state index contributed by atoms with van der Waals surface area (Å²) < 4.78 is 13.9. The summed E-state index contributed by atoms with van der Waals surface area (Å²) in [5.74, 6) is -0.906. The third kappa shape index (κ3) is 6.23. The Bertz CT molecular complexity index is 475. The summed E-state index contributed by atoms with van der Waals surface area (Å²) in [4.78, 5) is 15.2. The number of aromatic carboxylic acids is 1. The summed E-state index contributed by atoms with van der Waals surface area (Å²) in [5, 5.41) is 9.01. The number of hydrogen-bond acceptors (Lipinski definition) is 3. The Hall–Kier alpha value is -1.46. The quantitative estimate of drug-likeness (QED) is 0.800. The van der Waals surface area contributed by atoms with Crippen LogP contribution in [0.15, 0.2) is 18.2 Å². The van der Waals surface area contributed by atoms with E-state index in [4.69, 9.17) is 5.11 Å². The smallest absolute Gasteiger partial charge is 0.335 e. The lowest BCUT2D eigenvalue weighted by Crippen LogP contribution is -2.34. The molecule has 4 nitrogen and oxygen atoms in total. The first kappa shape index (κ1) is 17.6. The van der Waals surface area contributed by atoms with Crippen molar-refractivity contribution >= 4 is 5.97 Å². The predicted octanol–water partition coefficient (Wildman–Crippen LogP) is 2.54. The SMILES string of the molecule is CC(C)CN(CCN(C)C)Cc1cc(C(=O)O)ccc1F. The van der Waals surface area contributed by atoms with Crippen molar-refractivity contribution in [1.29, 1.82) is 0 Å². The minimum Gasteiger partial charge on any atom is -0.478 e. The highest BCUT2D eigenvalue weighted by atomic mass is 19.1. The lowest BCUT2D eigenvalue weighted by atomic mass is 10.1. The van der Waals surface area contributed by atoms with Crippen LogP contribution in [0.5, 0.6) is 0 Å². The van der Waals surface area contributed by atoms with E-state index in [9.17, 15) is 9.18 Å². The molecule has 1 rings (SSSR count). The third-order valence-electron chi connectivity index (χ3n) is 3.17. The number of hydrogen-bond donors (Lipinski definition) is 1. The number of carboxylic acid groups (broad SMARTS) is 1. The van der Waals surface area contributed by atoms with Crippen LogP contribution in [0.2, 0.25) is 0 Å². The summed E-state index contributed by atoms with van der Waals surface area (Å²) >= 11 is 0. The van der Waals surface area contributed by atoms with Crippen LogP contribution in [0.3, 0.4) is 0 Å². The Morgan fingerprint density at radius 1 is 1.29 bits per heavy atom. The number of halogens is 1. The van der Waals surface area contributed by atoms with Crippen molar-refractivity contribution in [1.82, 2.24) is 9.80 Å². The molecule has 0 aliphatic carbocycles. The summed E-state index contributed by atoms with van der Waals surface area (Å²) in [6.45, 7) is 7.22. The molecule has 0 saturated carbocycles. The molecule has 0 aromatic heterocycles. The maximum Gasteiger partial charge on any atom is 0.335 e. The molecule has 1 aromatic rings. The zero-order valence-corrected chi connectivity index (χ0v) is 13.3. The van der Waals surface area contributed by atoms with Gasteiger partial charge < -0.3 is 10.0 Å². The van der Waals surface area contributed by atoms with Gasteiger partial charge in [0.15, 0.2) is 0 Å². The molecule has 0 bridgehead atoms. The van der Waals surface area contributed by atoms with Gasteiger partial charge in [0.05, 0.1) is 5.56 Å². The van der Waals surface area contributed by atoms with E-state index in [-0.39, 0.29) is 11.4 Å². The molecule has 21 heavy (non-hydrogen) atoms. The van der Waals surface area contributed by atoms with Crippen molar-refractivity contribution in [3.63, 3.8) is 0 Å². The van der Waals surface area contributed by atoms with Crippen LogP contribution in [0.25, 0.3) is 0 Å². The summed E-state index contributed by atoms with van der Waals surface area (Å²) in [5.41, 5.74) is 0.567. The van der Waals surface area contributed by atoms with Crippen molar-refractivity contribution < 1.29 is 14.3 Å². The van der Waals surface area contributed by atoms with Gasteiger partial charge in [0.2, 0.25) is 0 Å². The predicted molar refractivity (Wildman–Crippen MR) is 82.0 cm³/mol. The molecular weight excluding hydrogens is 271 g/mol. The minimum absolute atomic E-state index is 0.128. The lowest BCUT2D eigenvalue weighted by Gasteiger charge is -2.26. The van der Waals surface area contributed by atoms with Gasteiger partial charge in [-0.3, -0.25) is 4.90 Å². The van der Waals surface area contributed by atoms with E-state index < -0.39 is 5.97 Å². The first-order valence-corrected chi connectivity index (χ1v) is 7.18. The van der Waals surface area contributed by atoms with Gasteiger partial charge in [0.25, 0.3) is 0 Å². The van der Waals surface area contributed by atoms with Gasteiger partial charge in [-0.25, -0.2) is 9.18 Å². The van der Waals surface area contributed by atoms with Crippen molar-refractivity contribution in [2.24, 2.45) is 5.92 Å². The zero-order valence-electron chi connectivity index (χ0n) is 13.3. The van der Waals surface area contributed by atoms with Crippen LogP contribution in [0, 0.1) is 11.7 Å². The van der Waals surface area contributed by atoms with E-state index in [0.29, 0.717) is 18.0 Å². The molecule has 118 valence electrons. The van der Waals surface area contributed by atoms with Crippen LogP contribution in [0.1, 0.15) is 29.8 Å². The van der Waals surface area contributed by atoms with Gasteiger partial charge in [-0.1, -0.05) is 13.8 Å². The number of carboxylic acids is 1. The number of benzene rings is 1. The molecule has 5 heteroatoms. The molecule has 0 aliphatic rings. The van der Waals surface area contributed by atoms with Gasteiger partial charge in [0, 0.05) is 31.7 Å². The molecule has 0 amide bonds. The third-order valence-corrected chi connectivity index (χ3v) is 3.17. The molecular formula is C16H25FN2O2. The van der Waals surface area contributed by atoms with Crippen LogP contribution in [0.4, 0.5) is 4.39 Å². The fraction of sp³-hybridized carbons (Fsp3) is 0.562. The van der Waals surface area contributed by atoms with Gasteiger partial charge in [-0.05, 0) is 38.2 Å². The summed E-state index contributed by atoms with van der Waals surface area (Å²) in [6.07, 6.45) is 0. The Labute approximate surface area is 126 Å². The van der Waals surface area contributed by atoms with Crippen molar-refractivity contribution in [2.75, 3.05) is 33.7 Å². The number of rotatable bonds is 8. The van der Waals surface area contributed by atoms with Crippen molar-refractivity contribution in [2.45, 2.75) is 20.4 Å². The number of likely N-dealkylation sites (N-methyl/N-ethyl adjacent to an activating group) is 1. The highest BCUT2D eigenvalue weighted by Crippen LogP contribution is 2.14. The highest BCUT2D eigenvalue weighted by molar-refractivity contribution is 5.87. The summed E-state index contributed by atoms with van der Waals surface area (Å²) in [6, 6.07) is 3.96. The standard InChI is InChI=1S/C16H25FN2O2/c1-12(2)10-19(8-7-18(3)4)11-14-9-13(16(20)21)5-6-15(14)17/h5-6,9,12H,7-8,10-11H2,1-4H3,(H,20,21). The average molecular weight is 296 g/mol. The maximum absolute atomic E-state index is 13.9. The van der Waals surface area contributed by atoms with Crippen LogP contribution < -0.4 is 0 Å². The largest absolute Gasteiger partial charge is 0.478 e. The monoisotopic (exact) mass is 296 g/mol. The van der Waals surface area contributed by atoms with E-state index in [2.05, 4.69) is 23.6 Å². The topological polar surface area (TPSA) is 43.8 Å².